The lowest BCUT2D eigenvalue weighted by Gasteiger charge is -2.70. The molecule has 2 aromatic rings. The van der Waals surface area contributed by atoms with Crippen molar-refractivity contribution in [1.82, 2.24) is 5.32 Å². The lowest BCUT2D eigenvalue weighted by molar-refractivity contribution is -0.204. The van der Waals surface area contributed by atoms with Gasteiger partial charge in [0.25, 0.3) is 0 Å². The Kier molecular flexibility index (Phi) is 12.0. The van der Waals surface area contributed by atoms with Crippen molar-refractivity contribution in [3.63, 3.8) is 0 Å². The van der Waals surface area contributed by atoms with Crippen LogP contribution in [0.5, 0.6) is 0 Å². The van der Waals surface area contributed by atoms with Crippen LogP contribution in [-0.2, 0) is 28.6 Å². The maximum absolute atomic E-state index is 15.3. The zero-order valence-corrected chi connectivity index (χ0v) is 40.9. The zero-order valence-electron chi connectivity index (χ0n) is 39.9. The molecular formula is C53H75NO7Si. The first-order valence-corrected chi connectivity index (χ1v) is 27.2. The van der Waals surface area contributed by atoms with Crippen molar-refractivity contribution >= 4 is 31.9 Å². The summed E-state index contributed by atoms with van der Waals surface area (Å²) in [4.78, 5) is 58.1. The third-order valence-corrected chi connectivity index (χ3v) is 19.1. The maximum atomic E-state index is 15.3. The van der Waals surface area contributed by atoms with Gasteiger partial charge in [0.15, 0.2) is 11.9 Å². The van der Waals surface area contributed by atoms with Gasteiger partial charge in [0.05, 0.1) is 17.4 Å². The molecule has 7 rings (SSSR count). The van der Waals surface area contributed by atoms with Crippen LogP contribution in [0.2, 0.25) is 25.7 Å². The molecule has 338 valence electrons. The van der Waals surface area contributed by atoms with Gasteiger partial charge in [-0.05, 0) is 149 Å². The van der Waals surface area contributed by atoms with E-state index in [4.69, 9.17) is 14.2 Å². The molecule has 0 aromatic heterocycles. The standard InChI is InChI=1S/C53H75NO7Si/c1-47(2,3)61-46(58)54-41-24-25-50(6)40(53(41,9)45(57)59-31-32-62(10,11)12)23-26-52(8)43(50)39(55)33-37-38-34-49(5,28-27-48(38,4)29-30-51(37,52)7)44(56)60-42(35-19-15-13-16-20-35)36-21-17-14-18-22-36/h13-22,33,38,40-43H,23-32,34H2,1-12H3,(H,54,58)/t38-,40+,41-,43+,48+,49-,50-,51+,52+,53-/m0/s1. The second kappa shape index (κ2) is 16.1. The Morgan fingerprint density at radius 3 is 1.97 bits per heavy atom. The van der Waals surface area contributed by atoms with E-state index in [-0.39, 0.29) is 51.7 Å². The SMILES string of the molecule is CC(C)(C)OC(=O)N[C@H]1CC[C@@]2(C)[C@@H](CC[C@]3(C)[C@@H]2C(=O)C=C2[C@@H]4C[C@@](C)(C(=O)OC(c5ccccc5)c5ccccc5)CC[C@]4(C)CC[C@]23C)[C@]1(C)C(=O)OCC[Si](C)(C)C. The Bertz CT molecular complexity index is 2030. The van der Waals surface area contributed by atoms with E-state index < -0.39 is 48.2 Å². The number of ether oxygens (including phenoxy) is 3. The Labute approximate surface area is 373 Å². The Morgan fingerprint density at radius 1 is 0.790 bits per heavy atom. The van der Waals surface area contributed by atoms with Crippen LogP contribution in [0.25, 0.3) is 0 Å². The van der Waals surface area contributed by atoms with Crippen molar-refractivity contribution in [2.24, 2.45) is 50.2 Å². The highest BCUT2D eigenvalue weighted by Gasteiger charge is 2.72. The van der Waals surface area contributed by atoms with Crippen LogP contribution in [-0.4, -0.2) is 50.1 Å². The highest BCUT2D eigenvalue weighted by atomic mass is 28.3. The summed E-state index contributed by atoms with van der Waals surface area (Å²) in [5.41, 5.74) is -0.630. The van der Waals surface area contributed by atoms with Gasteiger partial charge in [0.1, 0.15) is 5.60 Å². The number of fused-ring (bicyclic) bond motifs is 7. The molecule has 0 aliphatic heterocycles. The molecule has 0 heterocycles. The molecule has 5 aliphatic rings. The van der Waals surface area contributed by atoms with Gasteiger partial charge in [0.2, 0.25) is 0 Å². The predicted octanol–water partition coefficient (Wildman–Crippen LogP) is 12.1. The maximum Gasteiger partial charge on any atom is 0.407 e. The summed E-state index contributed by atoms with van der Waals surface area (Å²) >= 11 is 0. The third-order valence-electron chi connectivity index (χ3n) is 17.4. The van der Waals surface area contributed by atoms with Crippen molar-refractivity contribution < 1.29 is 33.4 Å². The fourth-order valence-corrected chi connectivity index (χ4v) is 14.2. The van der Waals surface area contributed by atoms with Gasteiger partial charge in [0, 0.05) is 20.0 Å². The van der Waals surface area contributed by atoms with Crippen LogP contribution in [0.1, 0.15) is 137 Å². The number of amides is 1. The molecule has 0 spiro atoms. The van der Waals surface area contributed by atoms with Gasteiger partial charge < -0.3 is 19.5 Å². The number of hydrogen-bond acceptors (Lipinski definition) is 7. The van der Waals surface area contributed by atoms with Gasteiger partial charge >= 0.3 is 18.0 Å². The number of alkyl carbamates (subject to hydrolysis) is 1. The van der Waals surface area contributed by atoms with Crippen LogP contribution < -0.4 is 5.32 Å². The minimum Gasteiger partial charge on any atom is -0.466 e. The lowest BCUT2D eigenvalue weighted by Crippen LogP contribution is -2.69. The molecule has 10 atom stereocenters. The summed E-state index contributed by atoms with van der Waals surface area (Å²) in [6.07, 6.45) is 7.94. The number of carbonyl (C=O) groups excluding carboxylic acids is 4. The van der Waals surface area contributed by atoms with Crippen molar-refractivity contribution in [2.75, 3.05) is 6.61 Å². The fraction of sp³-hybridized carbons (Fsp3) is 0.660. The lowest BCUT2D eigenvalue weighted by atomic mass is 9.33. The molecule has 1 N–H and O–H groups in total. The van der Waals surface area contributed by atoms with Crippen molar-refractivity contribution in [3.05, 3.63) is 83.4 Å². The highest BCUT2D eigenvalue weighted by molar-refractivity contribution is 6.76. The molecule has 1 amide bonds. The van der Waals surface area contributed by atoms with E-state index >= 15 is 4.79 Å². The zero-order chi connectivity index (χ0) is 45.3. The number of ketones is 1. The van der Waals surface area contributed by atoms with E-state index in [2.05, 4.69) is 59.6 Å². The second-order valence-corrected chi connectivity index (χ2v) is 29.4. The number of hydrogen-bond donors (Lipinski definition) is 1. The molecule has 0 radical (unpaired) electrons. The molecule has 0 saturated heterocycles. The summed E-state index contributed by atoms with van der Waals surface area (Å²) in [6, 6.07) is 20.3. The smallest absolute Gasteiger partial charge is 0.407 e. The van der Waals surface area contributed by atoms with Crippen LogP contribution in [0.15, 0.2) is 72.3 Å². The van der Waals surface area contributed by atoms with Crippen LogP contribution in [0.3, 0.4) is 0 Å². The van der Waals surface area contributed by atoms with Crippen LogP contribution >= 0.6 is 0 Å². The van der Waals surface area contributed by atoms with Crippen LogP contribution in [0, 0.1) is 50.2 Å². The first kappa shape index (κ1) is 46.3. The number of carbonyl (C=O) groups is 4. The average Bonchev–Trinajstić information content (AvgIpc) is 3.19. The van der Waals surface area contributed by atoms with E-state index in [1.54, 1.807) is 0 Å². The molecule has 62 heavy (non-hydrogen) atoms. The van der Waals surface area contributed by atoms with Gasteiger partial charge in [-0.1, -0.05) is 114 Å². The van der Waals surface area contributed by atoms with Gasteiger partial charge in [-0.25, -0.2) is 4.79 Å². The van der Waals surface area contributed by atoms with E-state index in [0.717, 1.165) is 55.7 Å². The Balaban J connectivity index is 1.21. The number of allylic oxidation sites excluding steroid dienone is 2. The topological polar surface area (TPSA) is 108 Å². The first-order chi connectivity index (χ1) is 28.8. The quantitative estimate of drug-likeness (QED) is 0.152. The minimum absolute atomic E-state index is 0.0440. The number of nitrogens with one attached hydrogen (secondary N) is 1. The summed E-state index contributed by atoms with van der Waals surface area (Å²) in [5.74, 6) is -0.796. The van der Waals surface area contributed by atoms with Gasteiger partial charge in [-0.2, -0.15) is 0 Å². The van der Waals surface area contributed by atoms with Crippen molar-refractivity contribution in [2.45, 2.75) is 164 Å². The normalized spacial score (nSPS) is 36.8. The molecule has 9 heteroatoms. The summed E-state index contributed by atoms with van der Waals surface area (Å²) in [7, 11) is -1.50. The molecule has 4 saturated carbocycles. The van der Waals surface area contributed by atoms with Gasteiger partial charge in [-0.3, -0.25) is 14.4 Å². The molecule has 0 unspecified atom stereocenters. The molecule has 2 aromatic carbocycles. The summed E-state index contributed by atoms with van der Waals surface area (Å²) in [6.45, 7) is 26.2. The van der Waals surface area contributed by atoms with Crippen molar-refractivity contribution in [1.29, 1.82) is 0 Å². The molecule has 4 fully saturated rings. The number of benzene rings is 2. The van der Waals surface area contributed by atoms with E-state index in [1.165, 1.54) is 5.57 Å². The number of rotatable bonds is 9. The Morgan fingerprint density at radius 2 is 1.39 bits per heavy atom. The predicted molar refractivity (Wildman–Crippen MR) is 247 cm³/mol. The van der Waals surface area contributed by atoms with Crippen molar-refractivity contribution in [3.8, 4) is 0 Å². The second-order valence-electron chi connectivity index (χ2n) is 23.8. The van der Waals surface area contributed by atoms with E-state index in [9.17, 15) is 14.4 Å². The molecule has 8 nitrogen and oxygen atoms in total. The molecule has 5 aliphatic carbocycles. The highest BCUT2D eigenvalue weighted by Crippen LogP contribution is 2.75. The average molecular weight is 866 g/mol. The van der Waals surface area contributed by atoms with Crippen LogP contribution in [0.4, 0.5) is 4.79 Å². The first-order valence-electron chi connectivity index (χ1n) is 23.5. The molecular weight excluding hydrogens is 791 g/mol. The fourth-order valence-electron chi connectivity index (χ4n) is 13.5. The third kappa shape index (κ3) is 8.04. The van der Waals surface area contributed by atoms with Gasteiger partial charge in [-0.15, -0.1) is 0 Å². The Hall–Kier alpha value is -3.72. The minimum atomic E-state index is -1.50. The number of esters is 2. The van der Waals surface area contributed by atoms with E-state index in [1.807, 2.05) is 94.4 Å². The van der Waals surface area contributed by atoms with E-state index in [0.29, 0.717) is 25.9 Å². The monoisotopic (exact) mass is 866 g/mol. The summed E-state index contributed by atoms with van der Waals surface area (Å²) in [5, 5.41) is 3.14. The largest absolute Gasteiger partial charge is 0.466 e. The summed E-state index contributed by atoms with van der Waals surface area (Å²) < 4.78 is 18.5. The molecule has 0 bridgehead atoms.